The Bertz CT molecular complexity index is 992. The zero-order valence-electron chi connectivity index (χ0n) is 15.0. The van der Waals surface area contributed by atoms with E-state index in [1.165, 1.54) is 17.8 Å². The summed E-state index contributed by atoms with van der Waals surface area (Å²) in [5.41, 5.74) is 2.73. The summed E-state index contributed by atoms with van der Waals surface area (Å²) in [5, 5.41) is 11.5. The van der Waals surface area contributed by atoms with Gasteiger partial charge in [0.1, 0.15) is 12.1 Å². The summed E-state index contributed by atoms with van der Waals surface area (Å²) < 4.78 is 15.4. The van der Waals surface area contributed by atoms with E-state index < -0.39 is 5.25 Å². The number of thioether (sulfide) groups is 1. The van der Waals surface area contributed by atoms with Gasteiger partial charge in [0.2, 0.25) is 5.91 Å². The Labute approximate surface area is 166 Å². The molecule has 0 bridgehead atoms. The fraction of sp³-hybridized carbons (Fsp3) is 0.211. The van der Waals surface area contributed by atoms with E-state index in [9.17, 15) is 9.18 Å². The van der Waals surface area contributed by atoms with Crippen LogP contribution in [0.3, 0.4) is 0 Å². The number of anilines is 1. The van der Waals surface area contributed by atoms with Gasteiger partial charge in [-0.3, -0.25) is 9.36 Å². The molecule has 3 aromatic rings. The van der Waals surface area contributed by atoms with Crippen LogP contribution in [-0.2, 0) is 4.79 Å². The first kappa shape index (κ1) is 19.4. The van der Waals surface area contributed by atoms with Gasteiger partial charge in [-0.2, -0.15) is 0 Å². The van der Waals surface area contributed by atoms with Crippen LogP contribution in [0.5, 0.6) is 0 Å². The van der Waals surface area contributed by atoms with Gasteiger partial charge >= 0.3 is 0 Å². The number of nitrogens with zero attached hydrogens (tertiary/aromatic N) is 3. The van der Waals surface area contributed by atoms with E-state index in [0.29, 0.717) is 21.4 Å². The minimum atomic E-state index is -0.460. The molecule has 27 heavy (non-hydrogen) atoms. The number of hydrogen-bond donors (Lipinski definition) is 1. The molecule has 0 saturated heterocycles. The molecule has 140 valence electrons. The molecule has 8 heteroatoms. The normalized spacial score (nSPS) is 12.0. The zero-order valence-corrected chi connectivity index (χ0v) is 16.6. The maximum Gasteiger partial charge on any atom is 0.237 e. The SMILES string of the molecule is Cc1ccc(NC(=O)C(C)Sc2nncn2-c2ccc(C)c(Cl)c2)cc1F. The lowest BCUT2D eigenvalue weighted by Gasteiger charge is -2.13. The van der Waals surface area contributed by atoms with Crippen molar-refractivity contribution >= 4 is 35.0 Å². The van der Waals surface area contributed by atoms with Gasteiger partial charge in [0.25, 0.3) is 0 Å². The minimum Gasteiger partial charge on any atom is -0.325 e. The van der Waals surface area contributed by atoms with Crippen LogP contribution in [-0.4, -0.2) is 25.9 Å². The first-order chi connectivity index (χ1) is 12.8. The van der Waals surface area contributed by atoms with E-state index in [4.69, 9.17) is 11.6 Å². The highest BCUT2D eigenvalue weighted by atomic mass is 35.5. The quantitative estimate of drug-likeness (QED) is 0.621. The highest BCUT2D eigenvalue weighted by Gasteiger charge is 2.19. The fourth-order valence-corrected chi connectivity index (χ4v) is 3.36. The van der Waals surface area contributed by atoms with Crippen LogP contribution in [0.1, 0.15) is 18.1 Å². The van der Waals surface area contributed by atoms with Crippen LogP contribution >= 0.6 is 23.4 Å². The smallest absolute Gasteiger partial charge is 0.237 e. The van der Waals surface area contributed by atoms with Crippen molar-refractivity contribution in [3.63, 3.8) is 0 Å². The van der Waals surface area contributed by atoms with Gasteiger partial charge in [-0.1, -0.05) is 35.5 Å². The van der Waals surface area contributed by atoms with Gasteiger partial charge in [0.15, 0.2) is 5.16 Å². The van der Waals surface area contributed by atoms with E-state index in [1.54, 1.807) is 36.9 Å². The van der Waals surface area contributed by atoms with Crippen molar-refractivity contribution in [2.24, 2.45) is 0 Å². The molecule has 1 atom stereocenters. The second-order valence-corrected chi connectivity index (χ2v) is 7.85. The predicted octanol–water partition coefficient (Wildman–Crippen LogP) is 4.80. The van der Waals surface area contributed by atoms with Crippen molar-refractivity contribution < 1.29 is 9.18 Å². The minimum absolute atomic E-state index is 0.250. The molecule has 5 nitrogen and oxygen atoms in total. The van der Waals surface area contributed by atoms with Gasteiger partial charge < -0.3 is 5.32 Å². The van der Waals surface area contributed by atoms with E-state index in [1.807, 2.05) is 25.1 Å². The summed E-state index contributed by atoms with van der Waals surface area (Å²) in [6.07, 6.45) is 1.57. The Morgan fingerprint density at radius 3 is 2.67 bits per heavy atom. The lowest BCUT2D eigenvalue weighted by Crippen LogP contribution is -2.23. The monoisotopic (exact) mass is 404 g/mol. The molecule has 0 fully saturated rings. The van der Waals surface area contributed by atoms with Crippen LogP contribution in [0.25, 0.3) is 5.69 Å². The van der Waals surface area contributed by atoms with Crippen LogP contribution in [0.2, 0.25) is 5.02 Å². The summed E-state index contributed by atoms with van der Waals surface area (Å²) in [6, 6.07) is 10.2. The number of halogens is 2. The van der Waals surface area contributed by atoms with E-state index >= 15 is 0 Å². The Morgan fingerprint density at radius 2 is 1.96 bits per heavy atom. The van der Waals surface area contributed by atoms with Crippen molar-refractivity contribution in [2.45, 2.75) is 31.2 Å². The Morgan fingerprint density at radius 1 is 1.22 bits per heavy atom. The summed E-state index contributed by atoms with van der Waals surface area (Å²) in [7, 11) is 0. The lowest BCUT2D eigenvalue weighted by atomic mass is 10.2. The number of carbonyl (C=O) groups excluding carboxylic acids is 1. The molecule has 0 spiro atoms. The first-order valence-corrected chi connectivity index (χ1v) is 9.51. The van der Waals surface area contributed by atoms with E-state index in [2.05, 4.69) is 15.5 Å². The van der Waals surface area contributed by atoms with E-state index in [-0.39, 0.29) is 11.7 Å². The number of aromatic nitrogens is 3. The van der Waals surface area contributed by atoms with Crippen molar-refractivity contribution in [1.29, 1.82) is 0 Å². The molecule has 2 aromatic carbocycles. The third-order valence-electron chi connectivity index (χ3n) is 4.04. The second-order valence-electron chi connectivity index (χ2n) is 6.13. The molecule has 0 radical (unpaired) electrons. The number of rotatable bonds is 5. The van der Waals surface area contributed by atoms with Crippen LogP contribution in [0.4, 0.5) is 10.1 Å². The topological polar surface area (TPSA) is 59.8 Å². The number of benzene rings is 2. The van der Waals surface area contributed by atoms with Crippen molar-refractivity contribution in [1.82, 2.24) is 14.8 Å². The summed E-state index contributed by atoms with van der Waals surface area (Å²) in [5.74, 6) is -0.608. The van der Waals surface area contributed by atoms with Crippen LogP contribution < -0.4 is 5.32 Å². The predicted molar refractivity (Wildman–Crippen MR) is 106 cm³/mol. The van der Waals surface area contributed by atoms with Crippen molar-refractivity contribution in [2.75, 3.05) is 5.32 Å². The molecule has 1 aromatic heterocycles. The van der Waals surface area contributed by atoms with Crippen LogP contribution in [0.15, 0.2) is 47.9 Å². The highest BCUT2D eigenvalue weighted by Crippen LogP contribution is 2.27. The maximum absolute atomic E-state index is 13.6. The molecule has 1 N–H and O–H groups in total. The lowest BCUT2D eigenvalue weighted by molar-refractivity contribution is -0.115. The molecule has 0 aliphatic carbocycles. The Balaban J connectivity index is 1.73. The number of hydrogen-bond acceptors (Lipinski definition) is 4. The largest absolute Gasteiger partial charge is 0.325 e. The third-order valence-corrected chi connectivity index (χ3v) is 5.50. The highest BCUT2D eigenvalue weighted by molar-refractivity contribution is 8.00. The Hall–Kier alpha value is -2.38. The molecule has 0 saturated carbocycles. The number of nitrogens with one attached hydrogen (secondary N) is 1. The van der Waals surface area contributed by atoms with Gasteiger partial charge in [-0.05, 0) is 56.2 Å². The van der Waals surface area contributed by atoms with Gasteiger partial charge in [0.05, 0.1) is 10.9 Å². The molecule has 3 rings (SSSR count). The summed E-state index contributed by atoms with van der Waals surface area (Å²) >= 11 is 7.45. The standard InChI is InChI=1S/C19H18ClFN4OS/c1-11-5-7-15(9-16(11)20)25-10-22-24-19(25)27-13(3)18(26)23-14-6-4-12(2)17(21)8-14/h4-10,13H,1-3H3,(H,23,26). The van der Waals surface area contributed by atoms with Gasteiger partial charge in [-0.15, -0.1) is 10.2 Å². The molecule has 1 amide bonds. The summed E-state index contributed by atoms with van der Waals surface area (Å²) in [6.45, 7) is 5.35. The fourth-order valence-electron chi connectivity index (χ4n) is 2.34. The van der Waals surface area contributed by atoms with E-state index in [0.717, 1.165) is 11.3 Å². The molecular weight excluding hydrogens is 387 g/mol. The molecule has 0 aliphatic heterocycles. The zero-order chi connectivity index (χ0) is 19.6. The number of aryl methyl sites for hydroxylation is 2. The molecule has 1 heterocycles. The maximum atomic E-state index is 13.6. The average molecular weight is 405 g/mol. The summed E-state index contributed by atoms with van der Waals surface area (Å²) in [4.78, 5) is 12.4. The molecule has 1 unspecified atom stereocenters. The average Bonchev–Trinajstić information content (AvgIpc) is 3.08. The van der Waals surface area contributed by atoms with Crippen molar-refractivity contribution in [3.05, 3.63) is 64.7 Å². The van der Waals surface area contributed by atoms with Gasteiger partial charge in [0, 0.05) is 10.7 Å². The molecule has 0 aliphatic rings. The third kappa shape index (κ3) is 4.48. The first-order valence-electron chi connectivity index (χ1n) is 8.25. The van der Waals surface area contributed by atoms with Gasteiger partial charge in [-0.25, -0.2) is 4.39 Å². The second kappa shape index (κ2) is 8.10. The Kier molecular flexibility index (Phi) is 5.82. The number of amides is 1. The van der Waals surface area contributed by atoms with Crippen LogP contribution in [0, 0.1) is 19.7 Å². The molecular formula is C19H18ClFN4OS. The number of carbonyl (C=O) groups is 1. The van der Waals surface area contributed by atoms with Crippen molar-refractivity contribution in [3.8, 4) is 5.69 Å².